The van der Waals surface area contributed by atoms with Crippen molar-refractivity contribution >= 4 is 39.2 Å². The summed E-state index contributed by atoms with van der Waals surface area (Å²) in [4.78, 5) is 23.2. The summed E-state index contributed by atoms with van der Waals surface area (Å²) in [6.45, 7) is 3.11. The van der Waals surface area contributed by atoms with E-state index < -0.39 is 27.5 Å². The third-order valence-electron chi connectivity index (χ3n) is 3.13. The molecule has 0 bridgehead atoms. The standard InChI is InChI=1S/C13H15NO5S2/c1-7(13(16)17)6-21(18,19)9-3-4-11-10(5-9)14-12(15)8(2)20-11/h3-5,7-8H,6H2,1-2H3,(H,14,15)(H,16,17). The Balaban J connectivity index is 2.32. The van der Waals surface area contributed by atoms with Crippen molar-refractivity contribution in [3.63, 3.8) is 0 Å². The van der Waals surface area contributed by atoms with E-state index in [1.807, 2.05) is 0 Å². The number of amides is 1. The van der Waals surface area contributed by atoms with E-state index in [1.54, 1.807) is 13.0 Å². The van der Waals surface area contributed by atoms with E-state index in [2.05, 4.69) is 5.32 Å². The maximum absolute atomic E-state index is 12.2. The minimum absolute atomic E-state index is 0.0183. The Morgan fingerprint density at radius 3 is 2.76 bits per heavy atom. The van der Waals surface area contributed by atoms with Crippen LogP contribution in [0.2, 0.25) is 0 Å². The van der Waals surface area contributed by atoms with Crippen LogP contribution < -0.4 is 5.32 Å². The fourth-order valence-electron chi connectivity index (χ4n) is 1.88. The Morgan fingerprint density at radius 1 is 1.48 bits per heavy atom. The molecule has 114 valence electrons. The summed E-state index contributed by atoms with van der Waals surface area (Å²) in [5.41, 5.74) is 0.451. The molecular formula is C13H15NO5S2. The number of hydrogen-bond donors (Lipinski definition) is 2. The average molecular weight is 329 g/mol. The number of sulfone groups is 1. The quantitative estimate of drug-likeness (QED) is 0.870. The van der Waals surface area contributed by atoms with Crippen molar-refractivity contribution in [3.05, 3.63) is 18.2 Å². The van der Waals surface area contributed by atoms with Crippen LogP contribution in [0.3, 0.4) is 0 Å². The largest absolute Gasteiger partial charge is 0.481 e. The van der Waals surface area contributed by atoms with E-state index >= 15 is 0 Å². The van der Waals surface area contributed by atoms with Crippen molar-refractivity contribution < 1.29 is 23.1 Å². The molecule has 6 nitrogen and oxygen atoms in total. The number of aliphatic carboxylic acids is 1. The zero-order valence-corrected chi connectivity index (χ0v) is 13.1. The molecule has 8 heteroatoms. The molecule has 1 amide bonds. The summed E-state index contributed by atoms with van der Waals surface area (Å²) >= 11 is 1.36. The molecule has 1 heterocycles. The highest BCUT2D eigenvalue weighted by molar-refractivity contribution is 8.01. The summed E-state index contributed by atoms with van der Waals surface area (Å²) in [5, 5.41) is 11.3. The highest BCUT2D eigenvalue weighted by Gasteiger charge is 2.27. The Bertz CT molecular complexity index is 699. The molecule has 0 aromatic heterocycles. The molecule has 0 saturated heterocycles. The Labute approximate surface area is 126 Å². The first-order chi connectivity index (χ1) is 9.70. The number of fused-ring (bicyclic) bond motifs is 1. The van der Waals surface area contributed by atoms with Gasteiger partial charge in [-0.05, 0) is 25.1 Å². The molecule has 0 spiro atoms. The molecule has 0 radical (unpaired) electrons. The third-order valence-corrected chi connectivity index (χ3v) is 6.22. The average Bonchev–Trinajstić information content (AvgIpc) is 2.38. The van der Waals surface area contributed by atoms with Crippen molar-refractivity contribution in [1.29, 1.82) is 0 Å². The van der Waals surface area contributed by atoms with Crippen LogP contribution in [0, 0.1) is 5.92 Å². The van der Waals surface area contributed by atoms with Gasteiger partial charge in [0.05, 0.1) is 27.5 Å². The van der Waals surface area contributed by atoms with Gasteiger partial charge in [-0.15, -0.1) is 11.8 Å². The van der Waals surface area contributed by atoms with E-state index in [1.165, 1.54) is 30.8 Å². The van der Waals surface area contributed by atoms with E-state index in [-0.39, 0.29) is 16.1 Å². The van der Waals surface area contributed by atoms with Crippen LogP contribution in [0.25, 0.3) is 0 Å². The zero-order valence-electron chi connectivity index (χ0n) is 11.5. The summed E-state index contributed by atoms with van der Waals surface area (Å²) in [5.74, 6) is -2.80. The van der Waals surface area contributed by atoms with Gasteiger partial charge in [0, 0.05) is 4.90 Å². The maximum Gasteiger partial charge on any atom is 0.307 e. The van der Waals surface area contributed by atoms with Gasteiger partial charge in [0.2, 0.25) is 5.91 Å². The van der Waals surface area contributed by atoms with Crippen LogP contribution in [-0.2, 0) is 19.4 Å². The number of carboxylic acid groups (broad SMARTS) is 1. The lowest BCUT2D eigenvalue weighted by molar-refractivity contribution is -0.140. The van der Waals surface area contributed by atoms with Crippen molar-refractivity contribution in [2.24, 2.45) is 5.92 Å². The van der Waals surface area contributed by atoms with Gasteiger partial charge in [0.1, 0.15) is 0 Å². The molecule has 2 unspecified atom stereocenters. The van der Waals surface area contributed by atoms with Crippen LogP contribution in [0.1, 0.15) is 13.8 Å². The second-order valence-electron chi connectivity index (χ2n) is 4.93. The molecule has 1 aromatic rings. The Hall–Kier alpha value is -1.54. The second kappa shape index (κ2) is 5.69. The summed E-state index contributed by atoms with van der Waals surface area (Å²) in [6, 6.07) is 4.46. The van der Waals surface area contributed by atoms with E-state index in [0.717, 1.165) is 4.90 Å². The first-order valence-electron chi connectivity index (χ1n) is 6.28. The number of carbonyl (C=O) groups excluding carboxylic acids is 1. The first-order valence-corrected chi connectivity index (χ1v) is 8.81. The molecule has 1 aliphatic heterocycles. The van der Waals surface area contributed by atoms with Crippen LogP contribution in [0.4, 0.5) is 5.69 Å². The van der Waals surface area contributed by atoms with E-state index in [9.17, 15) is 18.0 Å². The number of thioether (sulfide) groups is 1. The lowest BCUT2D eigenvalue weighted by atomic mass is 10.2. The summed E-state index contributed by atoms with van der Waals surface area (Å²) < 4.78 is 24.4. The molecular weight excluding hydrogens is 314 g/mol. The number of carbonyl (C=O) groups is 2. The van der Waals surface area contributed by atoms with Gasteiger partial charge in [-0.2, -0.15) is 0 Å². The zero-order chi connectivity index (χ0) is 15.8. The van der Waals surface area contributed by atoms with E-state index in [4.69, 9.17) is 5.11 Å². The smallest absolute Gasteiger partial charge is 0.307 e. The number of anilines is 1. The normalized spacial score (nSPS) is 19.5. The van der Waals surface area contributed by atoms with Crippen LogP contribution in [0.15, 0.2) is 28.0 Å². The highest BCUT2D eigenvalue weighted by Crippen LogP contribution is 2.36. The van der Waals surface area contributed by atoms with Gasteiger partial charge >= 0.3 is 5.97 Å². The van der Waals surface area contributed by atoms with E-state index in [0.29, 0.717) is 5.69 Å². The van der Waals surface area contributed by atoms with Crippen molar-refractivity contribution in [2.45, 2.75) is 28.9 Å². The topological polar surface area (TPSA) is 101 Å². The molecule has 0 fully saturated rings. The third kappa shape index (κ3) is 3.38. The van der Waals surface area contributed by atoms with Crippen molar-refractivity contribution in [3.8, 4) is 0 Å². The van der Waals surface area contributed by atoms with Gasteiger partial charge in [-0.3, -0.25) is 9.59 Å². The van der Waals surface area contributed by atoms with Crippen LogP contribution in [0.5, 0.6) is 0 Å². The minimum atomic E-state index is -3.71. The monoisotopic (exact) mass is 329 g/mol. The van der Waals surface area contributed by atoms with Crippen molar-refractivity contribution in [2.75, 3.05) is 11.1 Å². The van der Waals surface area contributed by atoms with Gasteiger partial charge in [0.15, 0.2) is 9.84 Å². The molecule has 21 heavy (non-hydrogen) atoms. The fraction of sp³-hybridized carbons (Fsp3) is 0.385. The number of carboxylic acids is 1. The first kappa shape index (κ1) is 15.8. The SMILES string of the molecule is CC(CS(=O)(=O)c1ccc2c(c1)NC(=O)C(C)S2)C(=O)O. The Morgan fingerprint density at radius 2 is 2.14 bits per heavy atom. The predicted molar refractivity (Wildman–Crippen MR) is 79.2 cm³/mol. The molecule has 2 atom stereocenters. The number of rotatable bonds is 4. The highest BCUT2D eigenvalue weighted by atomic mass is 32.2. The second-order valence-corrected chi connectivity index (χ2v) is 8.34. The number of nitrogens with one attached hydrogen (secondary N) is 1. The van der Waals surface area contributed by atoms with Crippen LogP contribution in [-0.4, -0.2) is 36.4 Å². The lowest BCUT2D eigenvalue weighted by Gasteiger charge is -2.22. The molecule has 2 rings (SSSR count). The van der Waals surface area contributed by atoms with Gasteiger partial charge in [0.25, 0.3) is 0 Å². The fourth-order valence-corrected chi connectivity index (χ4v) is 4.37. The number of hydrogen-bond acceptors (Lipinski definition) is 5. The molecule has 2 N–H and O–H groups in total. The lowest BCUT2D eigenvalue weighted by Crippen LogP contribution is -2.27. The van der Waals surface area contributed by atoms with Gasteiger partial charge in [-0.1, -0.05) is 6.92 Å². The summed E-state index contributed by atoms with van der Waals surface area (Å²) in [7, 11) is -3.71. The number of benzene rings is 1. The van der Waals surface area contributed by atoms with Crippen molar-refractivity contribution in [1.82, 2.24) is 0 Å². The minimum Gasteiger partial charge on any atom is -0.481 e. The molecule has 1 aliphatic rings. The van der Waals surface area contributed by atoms with Crippen LogP contribution >= 0.6 is 11.8 Å². The van der Waals surface area contributed by atoms with Gasteiger partial charge < -0.3 is 10.4 Å². The maximum atomic E-state index is 12.2. The molecule has 0 aliphatic carbocycles. The summed E-state index contributed by atoms with van der Waals surface area (Å²) in [6.07, 6.45) is 0. The predicted octanol–water partition coefficient (Wildman–Crippen LogP) is 1.61. The Kier molecular flexibility index (Phi) is 4.29. The van der Waals surface area contributed by atoms with Gasteiger partial charge in [-0.25, -0.2) is 8.42 Å². The molecule has 0 saturated carbocycles. The molecule has 1 aromatic carbocycles.